The molecule has 2 N–H and O–H groups in total. The maximum absolute atomic E-state index is 10.8. The first-order valence-electron chi connectivity index (χ1n) is 3.75. The van der Waals surface area contributed by atoms with Crippen LogP contribution in [0, 0.1) is 0 Å². The number of amides is 1. The van der Waals surface area contributed by atoms with Crippen molar-refractivity contribution < 1.29 is 19.4 Å². The molecule has 78 valence electrons. The van der Waals surface area contributed by atoms with Crippen LogP contribution in [0.5, 0.6) is 0 Å². The third kappa shape index (κ3) is 5.67. The molecule has 0 fully saturated rings. The van der Waals surface area contributed by atoms with Gasteiger partial charge in [0.25, 0.3) is 0 Å². The number of nitrogens with one attached hydrogen (secondary N) is 1. The van der Waals surface area contributed by atoms with Gasteiger partial charge < -0.3 is 15.2 Å². The SMILES string of the molecule is C[C@@H](NC(=O)OCCN=[N+]=[N-])C(=O)O. The van der Waals surface area contributed by atoms with E-state index in [9.17, 15) is 9.59 Å². The zero-order chi connectivity index (χ0) is 11.0. The lowest BCUT2D eigenvalue weighted by Crippen LogP contribution is -2.38. The number of alkyl carbamates (subject to hydrolysis) is 1. The van der Waals surface area contributed by atoms with Crippen molar-refractivity contribution >= 4 is 12.1 Å². The Morgan fingerprint density at radius 2 is 2.36 bits per heavy atom. The van der Waals surface area contributed by atoms with E-state index in [0.717, 1.165) is 0 Å². The Balaban J connectivity index is 3.65. The van der Waals surface area contributed by atoms with E-state index in [1.165, 1.54) is 6.92 Å². The van der Waals surface area contributed by atoms with Gasteiger partial charge in [0.2, 0.25) is 0 Å². The van der Waals surface area contributed by atoms with E-state index in [0.29, 0.717) is 0 Å². The van der Waals surface area contributed by atoms with E-state index >= 15 is 0 Å². The average Bonchev–Trinajstić information content (AvgIpc) is 2.12. The van der Waals surface area contributed by atoms with Gasteiger partial charge in [0, 0.05) is 4.91 Å². The maximum Gasteiger partial charge on any atom is 0.407 e. The van der Waals surface area contributed by atoms with Crippen LogP contribution in [-0.4, -0.2) is 36.4 Å². The Morgan fingerprint density at radius 3 is 2.86 bits per heavy atom. The van der Waals surface area contributed by atoms with E-state index in [1.807, 2.05) is 0 Å². The zero-order valence-electron chi connectivity index (χ0n) is 7.51. The van der Waals surface area contributed by atoms with Crippen molar-refractivity contribution in [3.8, 4) is 0 Å². The molecule has 1 amide bonds. The molecule has 0 aromatic rings. The van der Waals surface area contributed by atoms with Crippen molar-refractivity contribution in [2.24, 2.45) is 5.11 Å². The molecule has 0 bridgehead atoms. The van der Waals surface area contributed by atoms with Crippen LogP contribution in [0.15, 0.2) is 5.11 Å². The number of carboxylic acid groups (broad SMARTS) is 1. The third-order valence-corrected chi connectivity index (χ3v) is 1.19. The van der Waals surface area contributed by atoms with Crippen LogP contribution in [0.4, 0.5) is 4.79 Å². The number of hydrogen-bond donors (Lipinski definition) is 2. The van der Waals surface area contributed by atoms with E-state index in [4.69, 9.17) is 10.6 Å². The summed E-state index contributed by atoms with van der Waals surface area (Å²) in [6, 6.07) is -1.01. The number of carboxylic acids is 1. The van der Waals surface area contributed by atoms with E-state index in [2.05, 4.69) is 20.1 Å². The second-order valence-electron chi connectivity index (χ2n) is 2.29. The van der Waals surface area contributed by atoms with Gasteiger partial charge in [-0.25, -0.2) is 4.79 Å². The highest BCUT2D eigenvalue weighted by atomic mass is 16.5. The maximum atomic E-state index is 10.8. The summed E-state index contributed by atoms with van der Waals surface area (Å²) in [6.45, 7) is 1.24. The fourth-order valence-corrected chi connectivity index (χ4v) is 0.504. The molecular weight excluding hydrogens is 192 g/mol. The monoisotopic (exact) mass is 202 g/mol. The van der Waals surface area contributed by atoms with Gasteiger partial charge >= 0.3 is 12.1 Å². The summed E-state index contributed by atoms with van der Waals surface area (Å²) in [5.41, 5.74) is 7.87. The minimum atomic E-state index is -1.16. The summed E-state index contributed by atoms with van der Waals surface area (Å²) < 4.78 is 4.49. The fourth-order valence-electron chi connectivity index (χ4n) is 0.504. The first-order valence-corrected chi connectivity index (χ1v) is 3.75. The van der Waals surface area contributed by atoms with Crippen LogP contribution < -0.4 is 5.32 Å². The van der Waals surface area contributed by atoms with E-state index in [1.54, 1.807) is 0 Å². The highest BCUT2D eigenvalue weighted by molar-refractivity contribution is 5.79. The molecule has 8 nitrogen and oxygen atoms in total. The molecule has 14 heavy (non-hydrogen) atoms. The molecule has 0 radical (unpaired) electrons. The van der Waals surface area contributed by atoms with Crippen LogP contribution in [0.1, 0.15) is 6.92 Å². The van der Waals surface area contributed by atoms with E-state index in [-0.39, 0.29) is 13.2 Å². The molecule has 0 aromatic heterocycles. The van der Waals surface area contributed by atoms with Crippen molar-refractivity contribution in [2.45, 2.75) is 13.0 Å². The van der Waals surface area contributed by atoms with Crippen molar-refractivity contribution in [3.63, 3.8) is 0 Å². The van der Waals surface area contributed by atoms with Crippen molar-refractivity contribution in [1.82, 2.24) is 5.32 Å². The van der Waals surface area contributed by atoms with E-state index < -0.39 is 18.1 Å². The number of aliphatic carboxylic acids is 1. The molecule has 0 aliphatic heterocycles. The number of azide groups is 1. The van der Waals surface area contributed by atoms with Gasteiger partial charge in [0.05, 0.1) is 13.2 Å². The highest BCUT2D eigenvalue weighted by Gasteiger charge is 2.13. The second kappa shape index (κ2) is 6.55. The summed E-state index contributed by atoms with van der Waals surface area (Å²) in [5.74, 6) is -1.16. The molecule has 8 heteroatoms. The highest BCUT2D eigenvalue weighted by Crippen LogP contribution is 1.85. The number of hydrogen-bond acceptors (Lipinski definition) is 4. The minimum absolute atomic E-state index is 0.0192. The Hall–Kier alpha value is -1.95. The van der Waals surface area contributed by atoms with Crippen LogP contribution in [-0.2, 0) is 9.53 Å². The largest absolute Gasteiger partial charge is 0.480 e. The fraction of sp³-hybridized carbons (Fsp3) is 0.667. The van der Waals surface area contributed by atoms with Gasteiger partial charge in [-0.15, -0.1) is 0 Å². The lowest BCUT2D eigenvalue weighted by atomic mass is 10.4. The number of carbonyl (C=O) groups is 2. The molecule has 0 aliphatic rings. The molecule has 0 aliphatic carbocycles. The number of nitrogens with zero attached hydrogens (tertiary/aromatic N) is 3. The van der Waals surface area contributed by atoms with Gasteiger partial charge in [-0.1, -0.05) is 5.11 Å². The average molecular weight is 202 g/mol. The van der Waals surface area contributed by atoms with Gasteiger partial charge in [0.15, 0.2) is 0 Å². The Morgan fingerprint density at radius 1 is 1.71 bits per heavy atom. The Labute approximate surface area is 79.5 Å². The van der Waals surface area contributed by atoms with Crippen LogP contribution >= 0.6 is 0 Å². The van der Waals surface area contributed by atoms with Gasteiger partial charge in [-0.3, -0.25) is 4.79 Å². The molecule has 0 saturated carbocycles. The Bertz CT molecular complexity index is 261. The first-order chi connectivity index (χ1) is 6.57. The summed E-state index contributed by atoms with van der Waals surface area (Å²) >= 11 is 0. The second-order valence-corrected chi connectivity index (χ2v) is 2.29. The van der Waals surface area contributed by atoms with Crippen molar-refractivity contribution in [1.29, 1.82) is 0 Å². The number of carbonyl (C=O) groups excluding carboxylic acids is 1. The summed E-state index contributed by atoms with van der Waals surface area (Å²) in [5, 5.41) is 13.6. The van der Waals surface area contributed by atoms with Crippen LogP contribution in [0.25, 0.3) is 10.4 Å². The van der Waals surface area contributed by atoms with Gasteiger partial charge in [0.1, 0.15) is 6.04 Å². The zero-order valence-corrected chi connectivity index (χ0v) is 7.51. The smallest absolute Gasteiger partial charge is 0.407 e. The standard InChI is InChI=1S/C6H10N4O4/c1-4(5(11)12)9-6(13)14-3-2-8-10-7/h4H,2-3H2,1H3,(H,9,13)(H,11,12)/t4-/m1/s1. The quantitative estimate of drug-likeness (QED) is 0.291. The summed E-state index contributed by atoms with van der Waals surface area (Å²) in [6.07, 6.45) is -0.854. The molecule has 0 heterocycles. The van der Waals surface area contributed by atoms with Crippen molar-refractivity contribution in [2.75, 3.05) is 13.2 Å². The number of rotatable bonds is 5. The molecule has 0 spiro atoms. The normalized spacial score (nSPS) is 10.9. The van der Waals surface area contributed by atoms with Crippen LogP contribution in [0.3, 0.4) is 0 Å². The lowest BCUT2D eigenvalue weighted by Gasteiger charge is -2.08. The molecule has 0 rings (SSSR count). The van der Waals surface area contributed by atoms with Gasteiger partial charge in [-0.05, 0) is 12.5 Å². The number of ether oxygens (including phenoxy) is 1. The Kier molecular flexibility index (Phi) is 5.64. The van der Waals surface area contributed by atoms with Crippen LogP contribution in [0.2, 0.25) is 0 Å². The topological polar surface area (TPSA) is 124 Å². The molecule has 1 atom stereocenters. The molecular formula is C6H10N4O4. The summed E-state index contributed by atoms with van der Waals surface area (Å²) in [7, 11) is 0. The third-order valence-electron chi connectivity index (χ3n) is 1.19. The minimum Gasteiger partial charge on any atom is -0.480 e. The molecule has 0 saturated heterocycles. The first kappa shape index (κ1) is 12.0. The predicted molar refractivity (Wildman–Crippen MR) is 45.6 cm³/mol. The molecule has 0 aromatic carbocycles. The predicted octanol–water partition coefficient (Wildman–Crippen LogP) is 0.496. The molecule has 0 unspecified atom stereocenters. The lowest BCUT2D eigenvalue weighted by molar-refractivity contribution is -0.138. The van der Waals surface area contributed by atoms with Crippen molar-refractivity contribution in [3.05, 3.63) is 10.4 Å². The van der Waals surface area contributed by atoms with Gasteiger partial charge in [-0.2, -0.15) is 0 Å². The summed E-state index contributed by atoms with van der Waals surface area (Å²) in [4.78, 5) is 23.5.